The maximum Gasteiger partial charge on any atom is 0.246 e. The van der Waals surface area contributed by atoms with Gasteiger partial charge in [-0.1, -0.05) is 6.07 Å². The Morgan fingerprint density at radius 3 is 2.82 bits per heavy atom. The highest BCUT2D eigenvalue weighted by atomic mass is 16.5. The van der Waals surface area contributed by atoms with Gasteiger partial charge >= 0.3 is 0 Å². The second-order valence-electron chi connectivity index (χ2n) is 5.97. The molecule has 1 unspecified atom stereocenters. The van der Waals surface area contributed by atoms with Crippen LogP contribution in [0.2, 0.25) is 0 Å². The molecular formula is C18H23NO3. The average Bonchev–Trinajstić information content (AvgIpc) is 2.78. The molecule has 1 aromatic rings. The van der Waals surface area contributed by atoms with E-state index in [2.05, 4.69) is 6.92 Å². The van der Waals surface area contributed by atoms with Gasteiger partial charge in [-0.2, -0.15) is 0 Å². The fourth-order valence-electron chi connectivity index (χ4n) is 2.97. The van der Waals surface area contributed by atoms with Crippen LogP contribution in [-0.2, 0) is 4.79 Å². The third-order valence-electron chi connectivity index (χ3n) is 4.28. The summed E-state index contributed by atoms with van der Waals surface area (Å²) in [6.07, 6.45) is 7.85. The van der Waals surface area contributed by atoms with E-state index in [1.807, 2.05) is 29.2 Å². The van der Waals surface area contributed by atoms with Crippen molar-refractivity contribution in [3.63, 3.8) is 0 Å². The summed E-state index contributed by atoms with van der Waals surface area (Å²) in [5.41, 5.74) is 0.960. The van der Waals surface area contributed by atoms with E-state index in [-0.39, 0.29) is 5.91 Å². The van der Waals surface area contributed by atoms with Crippen molar-refractivity contribution in [2.45, 2.75) is 38.6 Å². The van der Waals surface area contributed by atoms with E-state index in [1.165, 1.54) is 6.42 Å². The number of hydrogen-bond acceptors (Lipinski definition) is 3. The van der Waals surface area contributed by atoms with E-state index in [9.17, 15) is 4.79 Å². The van der Waals surface area contributed by atoms with E-state index < -0.39 is 0 Å². The quantitative estimate of drug-likeness (QED) is 0.787. The van der Waals surface area contributed by atoms with E-state index >= 15 is 0 Å². The molecule has 1 aromatic carbocycles. The van der Waals surface area contributed by atoms with Crippen molar-refractivity contribution in [3.8, 4) is 11.5 Å². The fourth-order valence-corrected chi connectivity index (χ4v) is 2.97. The van der Waals surface area contributed by atoms with Crippen LogP contribution in [0.1, 0.15) is 38.2 Å². The molecule has 0 aliphatic carbocycles. The number of nitrogens with zero attached hydrogens (tertiary/aromatic N) is 1. The summed E-state index contributed by atoms with van der Waals surface area (Å²) >= 11 is 0. The van der Waals surface area contributed by atoms with Gasteiger partial charge in [0.15, 0.2) is 11.5 Å². The Kier molecular flexibility index (Phi) is 4.66. The first kappa shape index (κ1) is 14.9. The van der Waals surface area contributed by atoms with Gasteiger partial charge in [-0.3, -0.25) is 4.79 Å². The largest absolute Gasteiger partial charge is 0.490 e. The van der Waals surface area contributed by atoms with Gasteiger partial charge in [0.05, 0.1) is 13.2 Å². The number of hydrogen-bond donors (Lipinski definition) is 0. The van der Waals surface area contributed by atoms with E-state index in [0.717, 1.165) is 42.9 Å². The first-order valence-corrected chi connectivity index (χ1v) is 8.12. The number of likely N-dealkylation sites (tertiary alicyclic amines) is 1. The zero-order valence-electron chi connectivity index (χ0n) is 13.1. The normalized spacial score (nSPS) is 21.7. The molecule has 2 heterocycles. The van der Waals surface area contributed by atoms with Crippen LogP contribution in [0.5, 0.6) is 11.5 Å². The Bertz CT molecular complexity index is 567. The molecule has 4 nitrogen and oxygen atoms in total. The predicted molar refractivity (Wildman–Crippen MR) is 86.1 cm³/mol. The minimum atomic E-state index is 0.0966. The van der Waals surface area contributed by atoms with Crippen molar-refractivity contribution in [2.24, 2.45) is 0 Å². The molecule has 4 heteroatoms. The number of rotatable bonds is 2. The molecule has 1 amide bonds. The summed E-state index contributed by atoms with van der Waals surface area (Å²) in [5, 5.41) is 0. The van der Waals surface area contributed by atoms with Crippen molar-refractivity contribution < 1.29 is 14.3 Å². The second-order valence-corrected chi connectivity index (χ2v) is 5.97. The molecule has 1 saturated heterocycles. The molecular weight excluding hydrogens is 278 g/mol. The molecule has 0 radical (unpaired) electrons. The lowest BCUT2D eigenvalue weighted by molar-refractivity contribution is -0.129. The molecule has 0 aromatic heterocycles. The fraction of sp³-hybridized carbons (Fsp3) is 0.500. The number of benzene rings is 1. The molecule has 1 atom stereocenters. The maximum atomic E-state index is 12.3. The monoisotopic (exact) mass is 301 g/mol. The van der Waals surface area contributed by atoms with Crippen LogP contribution < -0.4 is 9.47 Å². The Labute approximate surface area is 131 Å². The van der Waals surface area contributed by atoms with Gasteiger partial charge in [-0.25, -0.2) is 0 Å². The van der Waals surface area contributed by atoms with Crippen LogP contribution in [0.15, 0.2) is 24.3 Å². The van der Waals surface area contributed by atoms with Gasteiger partial charge in [0.1, 0.15) is 0 Å². The average molecular weight is 301 g/mol. The zero-order chi connectivity index (χ0) is 15.4. The molecule has 1 fully saturated rings. The third-order valence-corrected chi connectivity index (χ3v) is 4.28. The Morgan fingerprint density at radius 1 is 1.18 bits per heavy atom. The Morgan fingerprint density at radius 2 is 2.00 bits per heavy atom. The van der Waals surface area contributed by atoms with Crippen LogP contribution in [0.3, 0.4) is 0 Å². The van der Waals surface area contributed by atoms with E-state index in [4.69, 9.17) is 9.47 Å². The Hall–Kier alpha value is -1.97. The summed E-state index contributed by atoms with van der Waals surface area (Å²) in [6, 6.07) is 6.14. The van der Waals surface area contributed by atoms with Crippen LogP contribution in [0, 0.1) is 0 Å². The van der Waals surface area contributed by atoms with Gasteiger partial charge in [0.2, 0.25) is 5.91 Å². The van der Waals surface area contributed by atoms with Crippen molar-refractivity contribution in [1.82, 2.24) is 4.90 Å². The minimum Gasteiger partial charge on any atom is -0.490 e. The summed E-state index contributed by atoms with van der Waals surface area (Å²) in [5.74, 6) is 1.64. The van der Waals surface area contributed by atoms with Crippen molar-refractivity contribution >= 4 is 12.0 Å². The van der Waals surface area contributed by atoms with Crippen molar-refractivity contribution in [3.05, 3.63) is 29.8 Å². The highest BCUT2D eigenvalue weighted by molar-refractivity contribution is 5.92. The number of ether oxygens (including phenoxy) is 2. The predicted octanol–water partition coefficient (Wildman–Crippen LogP) is 3.26. The Balaban J connectivity index is 1.69. The van der Waals surface area contributed by atoms with Crippen molar-refractivity contribution in [2.75, 3.05) is 19.8 Å². The van der Waals surface area contributed by atoms with Crippen LogP contribution in [0.25, 0.3) is 6.08 Å². The molecule has 22 heavy (non-hydrogen) atoms. The molecule has 0 bridgehead atoms. The lowest BCUT2D eigenvalue weighted by Crippen LogP contribution is -2.41. The van der Waals surface area contributed by atoms with Gasteiger partial charge in [-0.05, 0) is 50.0 Å². The zero-order valence-corrected chi connectivity index (χ0v) is 13.1. The summed E-state index contributed by atoms with van der Waals surface area (Å²) in [4.78, 5) is 14.3. The number of carbonyl (C=O) groups is 1. The number of fused-ring (bicyclic) bond motifs is 1. The van der Waals surface area contributed by atoms with Crippen molar-refractivity contribution in [1.29, 1.82) is 0 Å². The standard InChI is InChI=1S/C18H23NO3/c1-14-5-2-3-10-19(14)18(20)9-7-15-6-8-16-17(13-15)22-12-4-11-21-16/h6-9,13-14H,2-5,10-12H2,1H3/b9-7+. The SMILES string of the molecule is CC1CCCCN1C(=O)/C=C/c1ccc2c(c1)OCCCO2. The van der Waals surface area contributed by atoms with Crippen LogP contribution in [-0.4, -0.2) is 36.6 Å². The molecule has 0 N–H and O–H groups in total. The lowest BCUT2D eigenvalue weighted by atomic mass is 10.0. The first-order valence-electron chi connectivity index (χ1n) is 8.12. The number of amides is 1. The third kappa shape index (κ3) is 3.43. The maximum absolute atomic E-state index is 12.3. The molecule has 0 saturated carbocycles. The first-order chi connectivity index (χ1) is 10.7. The highest BCUT2D eigenvalue weighted by Gasteiger charge is 2.21. The van der Waals surface area contributed by atoms with E-state index in [0.29, 0.717) is 19.3 Å². The number of carbonyl (C=O) groups excluding carboxylic acids is 1. The highest BCUT2D eigenvalue weighted by Crippen LogP contribution is 2.30. The smallest absolute Gasteiger partial charge is 0.246 e. The number of piperidine rings is 1. The second kappa shape index (κ2) is 6.86. The molecule has 0 spiro atoms. The summed E-state index contributed by atoms with van der Waals surface area (Å²) in [7, 11) is 0. The minimum absolute atomic E-state index is 0.0966. The molecule has 2 aliphatic rings. The van der Waals surface area contributed by atoms with Gasteiger partial charge in [-0.15, -0.1) is 0 Å². The summed E-state index contributed by atoms with van der Waals surface area (Å²) in [6.45, 7) is 4.35. The van der Waals surface area contributed by atoms with Crippen LogP contribution in [0.4, 0.5) is 0 Å². The molecule has 3 rings (SSSR count). The molecule has 2 aliphatic heterocycles. The summed E-state index contributed by atoms with van der Waals surface area (Å²) < 4.78 is 11.3. The molecule has 118 valence electrons. The van der Waals surface area contributed by atoms with Gasteiger partial charge < -0.3 is 14.4 Å². The lowest BCUT2D eigenvalue weighted by Gasteiger charge is -2.32. The van der Waals surface area contributed by atoms with Gasteiger partial charge in [0.25, 0.3) is 0 Å². The van der Waals surface area contributed by atoms with Crippen LogP contribution >= 0.6 is 0 Å². The topological polar surface area (TPSA) is 38.8 Å². The van der Waals surface area contributed by atoms with Gasteiger partial charge in [0, 0.05) is 25.1 Å². The van der Waals surface area contributed by atoms with E-state index in [1.54, 1.807) is 6.08 Å².